The molecule has 0 amide bonds. The summed E-state index contributed by atoms with van der Waals surface area (Å²) in [7, 11) is 0. The minimum atomic E-state index is 0.162. The number of oxime groups is 1. The number of rotatable bonds is 5. The maximum atomic E-state index is 8.87. The van der Waals surface area contributed by atoms with Crippen LogP contribution in [0.5, 0.6) is 0 Å². The van der Waals surface area contributed by atoms with E-state index in [0.29, 0.717) is 0 Å². The summed E-state index contributed by atoms with van der Waals surface area (Å²) < 4.78 is 2.25. The number of hydrogen-bond donors (Lipinski definition) is 2. The molecule has 1 aromatic heterocycles. The molecule has 3 N–H and O–H groups in total. The third-order valence-electron chi connectivity index (χ3n) is 4.27. The smallest absolute Gasteiger partial charge is 0.170 e. The van der Waals surface area contributed by atoms with E-state index in [0.717, 1.165) is 29.4 Å². The van der Waals surface area contributed by atoms with Gasteiger partial charge in [-0.3, -0.25) is 0 Å². The summed E-state index contributed by atoms with van der Waals surface area (Å²) in [6.07, 6.45) is 5.92. The normalized spacial score (nSPS) is 16.9. The van der Waals surface area contributed by atoms with Gasteiger partial charge in [0.1, 0.15) is 0 Å². The zero-order valence-corrected chi connectivity index (χ0v) is 12.2. The van der Waals surface area contributed by atoms with E-state index < -0.39 is 0 Å². The standard InChI is InChI=1S/C16H22N4O/c17-16(18-21)14-5-3-6-15-13(14)7-12-20(15)11-4-10-19-8-1-2-9-19/h3,5-7,12,21H,1-2,4,8-11H2,(H2,17,18). The number of nitrogens with zero attached hydrogens (tertiary/aromatic N) is 3. The van der Waals surface area contributed by atoms with Gasteiger partial charge < -0.3 is 20.4 Å². The van der Waals surface area contributed by atoms with E-state index in [1.165, 1.54) is 32.5 Å². The Labute approximate surface area is 124 Å². The van der Waals surface area contributed by atoms with Gasteiger partial charge in [0.2, 0.25) is 0 Å². The summed E-state index contributed by atoms with van der Waals surface area (Å²) >= 11 is 0. The summed E-state index contributed by atoms with van der Waals surface area (Å²) in [6, 6.07) is 7.95. The quantitative estimate of drug-likeness (QED) is 0.383. The lowest BCUT2D eigenvalue weighted by atomic mass is 10.1. The van der Waals surface area contributed by atoms with Gasteiger partial charge in [-0.05, 0) is 51.0 Å². The molecule has 0 bridgehead atoms. The molecule has 0 radical (unpaired) electrons. The fourth-order valence-electron chi connectivity index (χ4n) is 3.17. The zero-order valence-electron chi connectivity index (χ0n) is 12.2. The van der Waals surface area contributed by atoms with Gasteiger partial charge in [0.25, 0.3) is 0 Å². The molecule has 1 fully saturated rings. The van der Waals surface area contributed by atoms with Crippen molar-refractivity contribution < 1.29 is 5.21 Å². The molecule has 21 heavy (non-hydrogen) atoms. The summed E-state index contributed by atoms with van der Waals surface area (Å²) in [5.74, 6) is 0.162. The topological polar surface area (TPSA) is 66.8 Å². The summed E-state index contributed by atoms with van der Waals surface area (Å²) in [6.45, 7) is 4.67. The first kappa shape index (κ1) is 13.9. The van der Waals surface area contributed by atoms with Crippen LogP contribution in [0, 0.1) is 0 Å². The van der Waals surface area contributed by atoms with Crippen molar-refractivity contribution >= 4 is 16.7 Å². The molecular formula is C16H22N4O. The Morgan fingerprint density at radius 1 is 1.19 bits per heavy atom. The van der Waals surface area contributed by atoms with Crippen molar-refractivity contribution in [3.05, 3.63) is 36.0 Å². The van der Waals surface area contributed by atoms with Crippen LogP contribution in [0.1, 0.15) is 24.8 Å². The molecule has 0 spiro atoms. The van der Waals surface area contributed by atoms with Gasteiger partial charge in [-0.15, -0.1) is 0 Å². The molecule has 0 unspecified atom stereocenters. The Bertz CT molecular complexity index is 641. The predicted octanol–water partition coefficient (Wildman–Crippen LogP) is 2.22. The molecule has 3 rings (SSSR count). The average molecular weight is 286 g/mol. The van der Waals surface area contributed by atoms with Gasteiger partial charge in [0.15, 0.2) is 5.84 Å². The lowest BCUT2D eigenvalue weighted by molar-refractivity contribution is 0.318. The van der Waals surface area contributed by atoms with Crippen LogP contribution in [0.15, 0.2) is 35.6 Å². The number of aromatic nitrogens is 1. The summed E-state index contributed by atoms with van der Waals surface area (Å²) in [4.78, 5) is 2.54. The van der Waals surface area contributed by atoms with E-state index in [1.54, 1.807) is 0 Å². The third kappa shape index (κ3) is 2.88. The van der Waals surface area contributed by atoms with Gasteiger partial charge in [-0.2, -0.15) is 0 Å². The Morgan fingerprint density at radius 2 is 2.00 bits per heavy atom. The molecule has 5 nitrogen and oxygen atoms in total. The molecule has 0 atom stereocenters. The van der Waals surface area contributed by atoms with Crippen LogP contribution < -0.4 is 5.73 Å². The van der Waals surface area contributed by atoms with Crippen molar-refractivity contribution in [2.24, 2.45) is 10.9 Å². The first-order chi connectivity index (χ1) is 10.3. The zero-order chi connectivity index (χ0) is 14.7. The van der Waals surface area contributed by atoms with Crippen LogP contribution in [0.3, 0.4) is 0 Å². The Balaban J connectivity index is 1.74. The molecule has 1 saturated heterocycles. The number of likely N-dealkylation sites (tertiary alicyclic amines) is 1. The average Bonchev–Trinajstić information content (AvgIpc) is 3.16. The van der Waals surface area contributed by atoms with Crippen LogP contribution in [0.25, 0.3) is 10.9 Å². The second-order valence-electron chi connectivity index (χ2n) is 5.64. The van der Waals surface area contributed by atoms with Crippen LogP contribution in [-0.4, -0.2) is 40.1 Å². The van der Waals surface area contributed by atoms with Crippen molar-refractivity contribution in [1.29, 1.82) is 0 Å². The lowest BCUT2D eigenvalue weighted by Crippen LogP contribution is -2.21. The van der Waals surface area contributed by atoms with E-state index in [1.807, 2.05) is 18.2 Å². The molecule has 1 aliphatic heterocycles. The van der Waals surface area contributed by atoms with Crippen molar-refractivity contribution in [3.8, 4) is 0 Å². The Morgan fingerprint density at radius 3 is 2.76 bits per heavy atom. The van der Waals surface area contributed by atoms with Crippen molar-refractivity contribution in [1.82, 2.24) is 9.47 Å². The first-order valence-electron chi connectivity index (χ1n) is 7.58. The maximum absolute atomic E-state index is 8.87. The predicted molar refractivity (Wildman–Crippen MR) is 84.7 cm³/mol. The summed E-state index contributed by atoms with van der Waals surface area (Å²) in [5, 5.41) is 13.0. The first-order valence-corrected chi connectivity index (χ1v) is 7.58. The highest BCUT2D eigenvalue weighted by Gasteiger charge is 2.12. The van der Waals surface area contributed by atoms with Gasteiger partial charge in [-0.25, -0.2) is 0 Å². The molecule has 0 saturated carbocycles. The highest BCUT2D eigenvalue weighted by molar-refractivity contribution is 6.08. The third-order valence-corrected chi connectivity index (χ3v) is 4.27. The molecule has 0 aliphatic carbocycles. The van der Waals surface area contributed by atoms with Gasteiger partial charge in [0.05, 0.1) is 0 Å². The van der Waals surface area contributed by atoms with Crippen molar-refractivity contribution in [2.45, 2.75) is 25.8 Å². The van der Waals surface area contributed by atoms with E-state index in [4.69, 9.17) is 10.9 Å². The SMILES string of the molecule is N/C(=N/O)c1cccc2c1ccn2CCCN1CCCC1. The van der Waals surface area contributed by atoms with Crippen molar-refractivity contribution in [3.63, 3.8) is 0 Å². The molecule has 112 valence electrons. The van der Waals surface area contributed by atoms with Gasteiger partial charge in [-0.1, -0.05) is 17.3 Å². The minimum absolute atomic E-state index is 0.162. The molecule has 1 aromatic carbocycles. The number of hydrogen-bond acceptors (Lipinski definition) is 3. The van der Waals surface area contributed by atoms with Gasteiger partial charge >= 0.3 is 0 Å². The van der Waals surface area contributed by atoms with Crippen LogP contribution in [-0.2, 0) is 6.54 Å². The largest absolute Gasteiger partial charge is 0.409 e. The highest BCUT2D eigenvalue weighted by Crippen LogP contribution is 2.20. The second-order valence-corrected chi connectivity index (χ2v) is 5.64. The molecule has 2 aromatic rings. The molecule has 1 aliphatic rings. The number of amidine groups is 1. The summed E-state index contributed by atoms with van der Waals surface area (Å²) in [5.41, 5.74) is 7.66. The second kappa shape index (κ2) is 6.18. The monoisotopic (exact) mass is 286 g/mol. The number of nitrogens with two attached hydrogens (primary N) is 1. The Hall–Kier alpha value is -2.01. The Kier molecular flexibility index (Phi) is 4.10. The van der Waals surface area contributed by atoms with E-state index in [2.05, 4.69) is 26.9 Å². The lowest BCUT2D eigenvalue weighted by Gasteiger charge is -2.14. The fraction of sp³-hybridized carbons (Fsp3) is 0.438. The van der Waals surface area contributed by atoms with E-state index >= 15 is 0 Å². The number of benzene rings is 1. The molecule has 5 heteroatoms. The van der Waals surface area contributed by atoms with Crippen LogP contribution >= 0.6 is 0 Å². The number of fused-ring (bicyclic) bond motifs is 1. The van der Waals surface area contributed by atoms with Gasteiger partial charge in [0, 0.05) is 29.2 Å². The van der Waals surface area contributed by atoms with E-state index in [9.17, 15) is 0 Å². The minimum Gasteiger partial charge on any atom is -0.409 e. The maximum Gasteiger partial charge on any atom is 0.170 e. The van der Waals surface area contributed by atoms with Crippen molar-refractivity contribution in [2.75, 3.05) is 19.6 Å². The highest BCUT2D eigenvalue weighted by atomic mass is 16.4. The van der Waals surface area contributed by atoms with E-state index in [-0.39, 0.29) is 5.84 Å². The molecular weight excluding hydrogens is 264 g/mol. The van der Waals surface area contributed by atoms with Crippen LogP contribution in [0.2, 0.25) is 0 Å². The molecule has 2 heterocycles. The van der Waals surface area contributed by atoms with Crippen LogP contribution in [0.4, 0.5) is 0 Å². The fourth-order valence-corrected chi connectivity index (χ4v) is 3.17. The number of aryl methyl sites for hydroxylation is 1.